The van der Waals surface area contributed by atoms with E-state index in [1.54, 1.807) is 0 Å². The van der Waals surface area contributed by atoms with Gasteiger partial charge in [0.05, 0.1) is 5.56 Å². The summed E-state index contributed by atoms with van der Waals surface area (Å²) in [5, 5.41) is 0. The summed E-state index contributed by atoms with van der Waals surface area (Å²) in [5.74, 6) is 1.80. The van der Waals surface area contributed by atoms with Crippen LogP contribution in [-0.4, -0.2) is 5.78 Å². The number of ketones is 1. The number of rotatable bonds is 1. The molecule has 0 bridgehead atoms. The number of furan rings is 1. The van der Waals surface area contributed by atoms with E-state index in [2.05, 4.69) is 6.58 Å². The average Bonchev–Trinajstić information content (AvgIpc) is 2.55. The minimum atomic E-state index is 0.0599. The molecule has 1 aromatic heterocycles. The highest BCUT2D eigenvalue weighted by Gasteiger charge is 2.24. The molecule has 1 heterocycles. The maximum atomic E-state index is 11.6. The summed E-state index contributed by atoms with van der Waals surface area (Å²) in [6.07, 6.45) is 2.40. The van der Waals surface area contributed by atoms with E-state index in [9.17, 15) is 4.79 Å². The Balaban J connectivity index is 2.47. The predicted molar refractivity (Wildman–Crippen MR) is 49.9 cm³/mol. The normalized spacial score (nSPS) is 16.1. The second-order valence-corrected chi connectivity index (χ2v) is 3.34. The lowest BCUT2D eigenvalue weighted by atomic mass is 9.93. The van der Waals surface area contributed by atoms with Gasteiger partial charge < -0.3 is 4.42 Å². The molecule has 2 nitrogen and oxygen atoms in total. The number of hydrogen-bond acceptors (Lipinski definition) is 2. The maximum absolute atomic E-state index is 11.6. The highest BCUT2D eigenvalue weighted by atomic mass is 16.3. The van der Waals surface area contributed by atoms with Crippen LogP contribution >= 0.6 is 0 Å². The number of carbonyl (C=O) groups excluding carboxylic acids is 1. The van der Waals surface area contributed by atoms with Gasteiger partial charge in [-0.1, -0.05) is 13.5 Å². The summed E-state index contributed by atoms with van der Waals surface area (Å²) in [5.41, 5.74) is 1.43. The Morgan fingerprint density at radius 3 is 3.00 bits per heavy atom. The summed E-state index contributed by atoms with van der Waals surface area (Å²) in [6.45, 7) is 5.76. The number of aryl methyl sites for hydroxylation is 2. The van der Waals surface area contributed by atoms with Crippen LogP contribution in [0.3, 0.4) is 0 Å². The van der Waals surface area contributed by atoms with E-state index >= 15 is 0 Å². The SMILES string of the molecule is C=C1CCc2oc(CC)cc2C1=O. The van der Waals surface area contributed by atoms with Crippen molar-refractivity contribution in [3.63, 3.8) is 0 Å². The highest BCUT2D eigenvalue weighted by molar-refractivity contribution is 6.10. The molecular weight excluding hydrogens is 164 g/mol. The molecular formula is C11H12O2. The lowest BCUT2D eigenvalue weighted by molar-refractivity contribution is 0.102. The van der Waals surface area contributed by atoms with Crippen molar-refractivity contribution >= 4 is 5.78 Å². The summed E-state index contributed by atoms with van der Waals surface area (Å²) >= 11 is 0. The van der Waals surface area contributed by atoms with Gasteiger partial charge in [-0.15, -0.1) is 0 Å². The van der Waals surface area contributed by atoms with Gasteiger partial charge in [-0.05, 0) is 18.1 Å². The van der Waals surface area contributed by atoms with Gasteiger partial charge in [-0.25, -0.2) is 0 Å². The Morgan fingerprint density at radius 1 is 1.54 bits per heavy atom. The van der Waals surface area contributed by atoms with Gasteiger partial charge in [-0.2, -0.15) is 0 Å². The van der Waals surface area contributed by atoms with E-state index in [-0.39, 0.29) is 5.78 Å². The second-order valence-electron chi connectivity index (χ2n) is 3.34. The smallest absolute Gasteiger partial charge is 0.191 e. The number of carbonyl (C=O) groups is 1. The highest BCUT2D eigenvalue weighted by Crippen LogP contribution is 2.27. The third-order valence-corrected chi connectivity index (χ3v) is 2.43. The fourth-order valence-corrected chi connectivity index (χ4v) is 1.60. The molecule has 1 aliphatic rings. The largest absolute Gasteiger partial charge is 0.465 e. The number of hydrogen-bond donors (Lipinski definition) is 0. The van der Waals surface area contributed by atoms with Crippen LogP contribution in [0.4, 0.5) is 0 Å². The molecule has 0 fully saturated rings. The zero-order valence-corrected chi connectivity index (χ0v) is 7.72. The lowest BCUT2D eigenvalue weighted by Gasteiger charge is -2.09. The van der Waals surface area contributed by atoms with Crippen molar-refractivity contribution in [3.8, 4) is 0 Å². The molecule has 0 spiro atoms. The van der Waals surface area contributed by atoms with Crippen molar-refractivity contribution in [2.24, 2.45) is 0 Å². The summed E-state index contributed by atoms with van der Waals surface area (Å²) < 4.78 is 5.51. The van der Waals surface area contributed by atoms with Crippen LogP contribution in [-0.2, 0) is 12.8 Å². The van der Waals surface area contributed by atoms with Crippen LogP contribution in [0.2, 0.25) is 0 Å². The number of fused-ring (bicyclic) bond motifs is 1. The molecule has 68 valence electrons. The standard InChI is InChI=1S/C11H12O2/c1-3-8-6-9-10(13-8)5-4-7(2)11(9)12/h6H,2-5H2,1H3. The van der Waals surface area contributed by atoms with E-state index in [1.165, 1.54) is 0 Å². The molecule has 13 heavy (non-hydrogen) atoms. The third kappa shape index (κ3) is 1.22. The monoisotopic (exact) mass is 176 g/mol. The van der Waals surface area contributed by atoms with Crippen LogP contribution in [0.5, 0.6) is 0 Å². The van der Waals surface area contributed by atoms with Crippen molar-refractivity contribution in [1.29, 1.82) is 0 Å². The molecule has 2 rings (SSSR count). The fourth-order valence-electron chi connectivity index (χ4n) is 1.60. The van der Waals surface area contributed by atoms with Gasteiger partial charge in [0.25, 0.3) is 0 Å². The van der Waals surface area contributed by atoms with E-state index in [1.807, 2.05) is 13.0 Å². The van der Waals surface area contributed by atoms with Crippen molar-refractivity contribution in [2.75, 3.05) is 0 Å². The zero-order chi connectivity index (χ0) is 9.42. The van der Waals surface area contributed by atoms with Crippen LogP contribution in [0.15, 0.2) is 22.6 Å². The van der Waals surface area contributed by atoms with Gasteiger partial charge in [0, 0.05) is 12.8 Å². The summed E-state index contributed by atoms with van der Waals surface area (Å²) in [6, 6.07) is 1.85. The average molecular weight is 176 g/mol. The van der Waals surface area contributed by atoms with Crippen LogP contribution in [0.1, 0.15) is 35.2 Å². The first-order valence-electron chi connectivity index (χ1n) is 4.56. The molecule has 0 saturated carbocycles. The van der Waals surface area contributed by atoms with E-state index < -0.39 is 0 Å². The fraction of sp³-hybridized carbons (Fsp3) is 0.364. The topological polar surface area (TPSA) is 30.2 Å². The van der Waals surface area contributed by atoms with Crippen LogP contribution in [0, 0.1) is 0 Å². The molecule has 1 aliphatic carbocycles. The van der Waals surface area contributed by atoms with E-state index in [0.717, 1.165) is 36.3 Å². The first kappa shape index (κ1) is 8.30. The molecule has 0 radical (unpaired) electrons. The van der Waals surface area contributed by atoms with Gasteiger partial charge in [-0.3, -0.25) is 4.79 Å². The Bertz CT molecular complexity index is 371. The molecule has 0 amide bonds. The van der Waals surface area contributed by atoms with Crippen molar-refractivity contribution in [2.45, 2.75) is 26.2 Å². The maximum Gasteiger partial charge on any atom is 0.191 e. The molecule has 1 aromatic rings. The first-order valence-corrected chi connectivity index (χ1v) is 4.56. The van der Waals surface area contributed by atoms with Crippen molar-refractivity contribution in [1.82, 2.24) is 0 Å². The van der Waals surface area contributed by atoms with Crippen LogP contribution in [0.25, 0.3) is 0 Å². The molecule has 0 saturated heterocycles. The number of Topliss-reactive ketones (excluding diaryl/α,β-unsaturated/α-hetero) is 1. The lowest BCUT2D eigenvalue weighted by Crippen LogP contribution is -2.10. The Morgan fingerprint density at radius 2 is 2.31 bits per heavy atom. The molecule has 0 unspecified atom stereocenters. The van der Waals surface area contributed by atoms with E-state index in [4.69, 9.17) is 4.42 Å². The predicted octanol–water partition coefficient (Wildman–Crippen LogP) is 2.53. The van der Waals surface area contributed by atoms with Gasteiger partial charge in [0.15, 0.2) is 5.78 Å². The third-order valence-electron chi connectivity index (χ3n) is 2.43. The first-order chi connectivity index (χ1) is 6.22. The van der Waals surface area contributed by atoms with Crippen molar-refractivity contribution in [3.05, 3.63) is 35.3 Å². The summed E-state index contributed by atoms with van der Waals surface area (Å²) in [7, 11) is 0. The quantitative estimate of drug-likeness (QED) is 0.615. The second kappa shape index (κ2) is 2.87. The van der Waals surface area contributed by atoms with Crippen molar-refractivity contribution < 1.29 is 9.21 Å². The molecule has 0 aliphatic heterocycles. The summed E-state index contributed by atoms with van der Waals surface area (Å²) in [4.78, 5) is 11.6. The minimum Gasteiger partial charge on any atom is -0.465 e. The van der Waals surface area contributed by atoms with Crippen LogP contribution < -0.4 is 0 Å². The Kier molecular flexibility index (Phi) is 1.83. The minimum absolute atomic E-state index is 0.0599. The molecule has 0 N–H and O–H groups in total. The van der Waals surface area contributed by atoms with Gasteiger partial charge >= 0.3 is 0 Å². The Labute approximate surface area is 77.2 Å². The molecule has 0 aromatic carbocycles. The Hall–Kier alpha value is -1.31. The molecule has 0 atom stereocenters. The van der Waals surface area contributed by atoms with Gasteiger partial charge in [0.2, 0.25) is 0 Å². The van der Waals surface area contributed by atoms with E-state index in [0.29, 0.717) is 5.57 Å². The number of allylic oxidation sites excluding steroid dienone is 1. The van der Waals surface area contributed by atoms with Gasteiger partial charge in [0.1, 0.15) is 11.5 Å². The molecule has 2 heteroatoms. The zero-order valence-electron chi connectivity index (χ0n) is 7.72.